The Morgan fingerprint density at radius 1 is 1.10 bits per heavy atom. The molecule has 2 aromatic carbocycles. The number of nitrogens with zero attached hydrogens (tertiary/aromatic N) is 2. The molecule has 1 fully saturated rings. The van der Waals surface area contributed by atoms with Gasteiger partial charge >= 0.3 is 0 Å². The zero-order valence-electron chi connectivity index (χ0n) is 17.3. The van der Waals surface area contributed by atoms with E-state index in [9.17, 15) is 23.2 Å². The van der Waals surface area contributed by atoms with E-state index >= 15 is 0 Å². The van der Waals surface area contributed by atoms with E-state index in [1.807, 2.05) is 30.3 Å². The number of likely N-dealkylation sites (tertiary alicyclic amines) is 1. The Bertz CT molecular complexity index is 932. The Hall–Kier alpha value is -3.29. The van der Waals surface area contributed by atoms with Crippen LogP contribution in [0, 0.1) is 17.6 Å². The topological polar surface area (TPSA) is 69.7 Å². The Labute approximate surface area is 179 Å². The van der Waals surface area contributed by atoms with Crippen molar-refractivity contribution in [2.45, 2.75) is 19.8 Å². The maximum atomic E-state index is 13.7. The molecule has 1 saturated heterocycles. The molecule has 1 aliphatic heterocycles. The molecule has 0 radical (unpaired) electrons. The molecule has 0 spiro atoms. The van der Waals surface area contributed by atoms with Crippen LogP contribution in [0.15, 0.2) is 48.5 Å². The number of para-hydroxylation sites is 1. The van der Waals surface area contributed by atoms with E-state index in [1.165, 1.54) is 11.0 Å². The maximum absolute atomic E-state index is 13.7. The van der Waals surface area contributed by atoms with Crippen molar-refractivity contribution in [3.05, 3.63) is 65.7 Å². The molecule has 0 saturated carbocycles. The molecule has 3 rings (SSSR count). The van der Waals surface area contributed by atoms with Gasteiger partial charge in [-0.3, -0.25) is 14.4 Å². The van der Waals surface area contributed by atoms with Crippen LogP contribution in [-0.2, 0) is 20.8 Å². The average Bonchev–Trinajstić information content (AvgIpc) is 3.14. The van der Waals surface area contributed by atoms with Crippen molar-refractivity contribution in [2.24, 2.45) is 5.92 Å². The zero-order valence-corrected chi connectivity index (χ0v) is 17.3. The summed E-state index contributed by atoms with van der Waals surface area (Å²) in [6, 6.07) is 13.0. The molecule has 8 heteroatoms. The van der Waals surface area contributed by atoms with Gasteiger partial charge in [0.05, 0.1) is 12.5 Å². The standard InChI is InChI=1S/C23H25F2N3O3/c1-2-27(15-20(29)26-22-18(24)9-6-10-19(22)25)23(31)17-13-21(30)28(14-17)12-11-16-7-4-3-5-8-16/h3-10,17H,2,11-15H2,1H3,(H,26,29)/t17-/m0/s1. The second-order valence-corrected chi connectivity index (χ2v) is 7.47. The predicted molar refractivity (Wildman–Crippen MR) is 112 cm³/mol. The third-order valence-electron chi connectivity index (χ3n) is 5.33. The fourth-order valence-corrected chi connectivity index (χ4v) is 3.64. The van der Waals surface area contributed by atoms with Gasteiger partial charge in [-0.15, -0.1) is 0 Å². The van der Waals surface area contributed by atoms with Crippen molar-refractivity contribution in [1.82, 2.24) is 9.80 Å². The number of halogens is 2. The van der Waals surface area contributed by atoms with E-state index in [-0.39, 0.29) is 31.3 Å². The van der Waals surface area contributed by atoms with Gasteiger partial charge in [0, 0.05) is 26.1 Å². The molecule has 0 bridgehead atoms. The van der Waals surface area contributed by atoms with Gasteiger partial charge in [0.1, 0.15) is 17.3 Å². The van der Waals surface area contributed by atoms with Gasteiger partial charge in [-0.2, -0.15) is 0 Å². The first-order valence-corrected chi connectivity index (χ1v) is 10.2. The largest absolute Gasteiger partial charge is 0.342 e. The molecule has 0 unspecified atom stereocenters. The molecule has 1 heterocycles. The third-order valence-corrected chi connectivity index (χ3v) is 5.33. The van der Waals surface area contributed by atoms with E-state index in [1.54, 1.807) is 11.8 Å². The summed E-state index contributed by atoms with van der Waals surface area (Å²) in [5, 5.41) is 2.18. The fourth-order valence-electron chi connectivity index (χ4n) is 3.64. The molecule has 0 aromatic heterocycles. The number of likely N-dealkylation sites (N-methyl/N-ethyl adjacent to an activating group) is 1. The predicted octanol–water partition coefficient (Wildman–Crippen LogP) is 2.84. The molecule has 1 N–H and O–H groups in total. The van der Waals surface area contributed by atoms with Crippen LogP contribution in [0.5, 0.6) is 0 Å². The van der Waals surface area contributed by atoms with Gasteiger partial charge in [-0.1, -0.05) is 36.4 Å². The quantitative estimate of drug-likeness (QED) is 0.702. The first-order valence-electron chi connectivity index (χ1n) is 10.2. The Kier molecular flexibility index (Phi) is 7.33. The average molecular weight is 429 g/mol. The van der Waals surface area contributed by atoms with Crippen molar-refractivity contribution in [1.29, 1.82) is 0 Å². The van der Waals surface area contributed by atoms with Crippen LogP contribution in [0.1, 0.15) is 18.9 Å². The van der Waals surface area contributed by atoms with Crippen LogP contribution >= 0.6 is 0 Å². The maximum Gasteiger partial charge on any atom is 0.244 e. The number of carbonyl (C=O) groups is 3. The van der Waals surface area contributed by atoms with Gasteiger partial charge in [0.15, 0.2) is 0 Å². The second-order valence-electron chi connectivity index (χ2n) is 7.47. The smallest absolute Gasteiger partial charge is 0.244 e. The second kappa shape index (κ2) is 10.1. The third kappa shape index (κ3) is 5.65. The lowest BCUT2D eigenvalue weighted by atomic mass is 10.1. The molecule has 3 amide bonds. The summed E-state index contributed by atoms with van der Waals surface area (Å²) < 4.78 is 27.5. The van der Waals surface area contributed by atoms with Crippen molar-refractivity contribution in [3.63, 3.8) is 0 Å². The summed E-state index contributed by atoms with van der Waals surface area (Å²) >= 11 is 0. The van der Waals surface area contributed by atoms with Crippen molar-refractivity contribution < 1.29 is 23.2 Å². The summed E-state index contributed by atoms with van der Waals surface area (Å²) in [4.78, 5) is 40.5. The minimum absolute atomic E-state index is 0.0910. The molecule has 2 aromatic rings. The monoisotopic (exact) mass is 429 g/mol. The lowest BCUT2D eigenvalue weighted by Gasteiger charge is -2.24. The number of nitrogens with one attached hydrogen (secondary N) is 1. The van der Waals surface area contributed by atoms with Crippen molar-refractivity contribution in [3.8, 4) is 0 Å². The van der Waals surface area contributed by atoms with Crippen LogP contribution in [0.3, 0.4) is 0 Å². The highest BCUT2D eigenvalue weighted by atomic mass is 19.1. The minimum atomic E-state index is -0.891. The van der Waals surface area contributed by atoms with Crippen LogP contribution in [0.4, 0.5) is 14.5 Å². The molecule has 0 aliphatic carbocycles. The van der Waals surface area contributed by atoms with Gasteiger partial charge in [-0.25, -0.2) is 8.78 Å². The lowest BCUT2D eigenvalue weighted by Crippen LogP contribution is -2.42. The number of benzene rings is 2. The highest BCUT2D eigenvalue weighted by molar-refractivity contribution is 5.96. The Morgan fingerprint density at radius 2 is 1.77 bits per heavy atom. The first-order chi connectivity index (χ1) is 14.9. The molecule has 1 aliphatic rings. The van der Waals surface area contributed by atoms with E-state index in [4.69, 9.17) is 0 Å². The SMILES string of the molecule is CCN(CC(=O)Nc1c(F)cccc1F)C(=O)[C@H]1CC(=O)N(CCc2ccccc2)C1. The molecule has 1 atom stereocenters. The molecular formula is C23H25F2N3O3. The number of amides is 3. The molecule has 31 heavy (non-hydrogen) atoms. The number of rotatable bonds is 8. The number of hydrogen-bond donors (Lipinski definition) is 1. The highest BCUT2D eigenvalue weighted by Crippen LogP contribution is 2.21. The first kappa shape index (κ1) is 22.4. The van der Waals surface area contributed by atoms with Crippen molar-refractivity contribution >= 4 is 23.4 Å². The number of carbonyl (C=O) groups excluding carboxylic acids is 3. The van der Waals surface area contributed by atoms with Gasteiger partial charge < -0.3 is 15.1 Å². The van der Waals surface area contributed by atoms with Crippen LogP contribution in [0.2, 0.25) is 0 Å². The Balaban J connectivity index is 1.56. The van der Waals surface area contributed by atoms with Crippen molar-refractivity contribution in [2.75, 3.05) is 31.5 Å². The normalized spacial score (nSPS) is 15.8. The van der Waals surface area contributed by atoms with Gasteiger partial charge in [-0.05, 0) is 31.0 Å². The van der Waals surface area contributed by atoms with Crippen LogP contribution < -0.4 is 5.32 Å². The van der Waals surface area contributed by atoms with E-state index in [2.05, 4.69) is 5.32 Å². The van der Waals surface area contributed by atoms with E-state index in [0.717, 1.165) is 17.7 Å². The summed E-state index contributed by atoms with van der Waals surface area (Å²) in [6.45, 7) is 2.41. The number of hydrogen-bond acceptors (Lipinski definition) is 3. The lowest BCUT2D eigenvalue weighted by molar-refractivity contribution is -0.138. The van der Waals surface area contributed by atoms with Crippen LogP contribution in [-0.4, -0.2) is 53.7 Å². The Morgan fingerprint density at radius 3 is 2.42 bits per heavy atom. The van der Waals surface area contributed by atoms with Crippen LogP contribution in [0.25, 0.3) is 0 Å². The van der Waals surface area contributed by atoms with Gasteiger partial charge in [0.2, 0.25) is 17.7 Å². The van der Waals surface area contributed by atoms with E-state index in [0.29, 0.717) is 19.5 Å². The molecular weight excluding hydrogens is 404 g/mol. The number of anilines is 1. The highest BCUT2D eigenvalue weighted by Gasteiger charge is 2.36. The summed E-state index contributed by atoms with van der Waals surface area (Å²) in [6.07, 6.45) is 0.787. The summed E-state index contributed by atoms with van der Waals surface area (Å²) in [7, 11) is 0. The summed E-state index contributed by atoms with van der Waals surface area (Å²) in [5.74, 6) is -3.44. The van der Waals surface area contributed by atoms with E-state index < -0.39 is 29.1 Å². The fraction of sp³-hybridized carbons (Fsp3) is 0.348. The molecule has 164 valence electrons. The minimum Gasteiger partial charge on any atom is -0.342 e. The molecule has 6 nitrogen and oxygen atoms in total. The van der Waals surface area contributed by atoms with Gasteiger partial charge in [0.25, 0.3) is 0 Å². The zero-order chi connectivity index (χ0) is 22.4. The summed E-state index contributed by atoms with van der Waals surface area (Å²) in [5.41, 5.74) is 0.566.